The second-order valence-corrected chi connectivity index (χ2v) is 6.28. The third-order valence-corrected chi connectivity index (χ3v) is 4.83. The Labute approximate surface area is 96.6 Å². The standard InChI is InChI=1S/C13H20N2O/c1-8-14-13(6-7-13)12(16)15(8)11(9-2-3-9)10-4-5-10/h8-11,14H,2-7H2,1H3. The second-order valence-electron chi connectivity index (χ2n) is 6.28. The van der Waals surface area contributed by atoms with Crippen molar-refractivity contribution in [3.05, 3.63) is 0 Å². The van der Waals surface area contributed by atoms with Crippen molar-refractivity contribution in [1.29, 1.82) is 0 Å². The molecule has 1 N–H and O–H groups in total. The fourth-order valence-electron chi connectivity index (χ4n) is 3.55. The summed E-state index contributed by atoms with van der Waals surface area (Å²) in [5, 5.41) is 3.53. The zero-order valence-corrected chi connectivity index (χ0v) is 9.91. The van der Waals surface area contributed by atoms with Gasteiger partial charge >= 0.3 is 0 Å². The lowest BCUT2D eigenvalue weighted by Gasteiger charge is -2.31. The molecule has 0 aromatic rings. The molecular weight excluding hydrogens is 200 g/mol. The molecule has 3 nitrogen and oxygen atoms in total. The van der Waals surface area contributed by atoms with Crippen molar-refractivity contribution >= 4 is 5.91 Å². The second kappa shape index (κ2) is 2.81. The molecule has 1 aliphatic heterocycles. The van der Waals surface area contributed by atoms with Crippen molar-refractivity contribution < 1.29 is 4.79 Å². The summed E-state index contributed by atoms with van der Waals surface area (Å²) in [6.07, 6.45) is 7.81. The summed E-state index contributed by atoms with van der Waals surface area (Å²) in [5.74, 6) is 2.08. The Morgan fingerprint density at radius 1 is 1.25 bits per heavy atom. The maximum Gasteiger partial charge on any atom is 0.244 e. The summed E-state index contributed by atoms with van der Waals surface area (Å²) in [6.45, 7) is 2.17. The van der Waals surface area contributed by atoms with E-state index >= 15 is 0 Å². The molecule has 4 fully saturated rings. The normalized spacial score (nSPS) is 36.5. The van der Waals surface area contributed by atoms with Gasteiger partial charge in [-0.15, -0.1) is 0 Å². The van der Waals surface area contributed by atoms with Gasteiger partial charge in [-0.3, -0.25) is 10.1 Å². The van der Waals surface area contributed by atoms with E-state index in [1.807, 2.05) is 0 Å². The largest absolute Gasteiger partial charge is 0.322 e. The summed E-state index contributed by atoms with van der Waals surface area (Å²) in [7, 11) is 0. The first-order valence-corrected chi connectivity index (χ1v) is 6.82. The zero-order chi connectivity index (χ0) is 10.9. The molecule has 3 saturated carbocycles. The Bertz CT molecular complexity index is 330. The van der Waals surface area contributed by atoms with Crippen LogP contribution in [0.3, 0.4) is 0 Å². The van der Waals surface area contributed by atoms with Crippen LogP contribution in [0, 0.1) is 11.8 Å². The average molecular weight is 220 g/mol. The van der Waals surface area contributed by atoms with Gasteiger partial charge in [-0.25, -0.2) is 0 Å². The van der Waals surface area contributed by atoms with Crippen molar-refractivity contribution in [2.75, 3.05) is 0 Å². The van der Waals surface area contributed by atoms with Gasteiger partial charge in [0.15, 0.2) is 0 Å². The fourth-order valence-corrected chi connectivity index (χ4v) is 3.55. The Morgan fingerprint density at radius 3 is 2.19 bits per heavy atom. The van der Waals surface area contributed by atoms with E-state index in [0.29, 0.717) is 11.9 Å². The topological polar surface area (TPSA) is 32.3 Å². The van der Waals surface area contributed by atoms with Gasteiger partial charge in [0, 0.05) is 6.04 Å². The quantitative estimate of drug-likeness (QED) is 0.781. The highest BCUT2D eigenvalue weighted by Gasteiger charge is 2.61. The predicted octanol–water partition coefficient (Wildman–Crippen LogP) is 1.49. The molecule has 88 valence electrons. The Hall–Kier alpha value is -0.570. The van der Waals surface area contributed by atoms with Crippen LogP contribution in [0.15, 0.2) is 0 Å². The highest BCUT2D eigenvalue weighted by atomic mass is 16.2. The van der Waals surface area contributed by atoms with Crippen molar-refractivity contribution in [2.24, 2.45) is 11.8 Å². The molecule has 4 rings (SSSR count). The number of carbonyl (C=O) groups is 1. The van der Waals surface area contributed by atoms with Crippen LogP contribution in [0.2, 0.25) is 0 Å². The van der Waals surface area contributed by atoms with Crippen LogP contribution in [-0.2, 0) is 4.79 Å². The van der Waals surface area contributed by atoms with Crippen molar-refractivity contribution in [2.45, 2.75) is 63.2 Å². The number of rotatable bonds is 3. The van der Waals surface area contributed by atoms with Crippen molar-refractivity contribution in [1.82, 2.24) is 10.2 Å². The molecule has 0 aromatic carbocycles. The van der Waals surface area contributed by atoms with Gasteiger partial charge in [-0.05, 0) is 57.3 Å². The first-order chi connectivity index (χ1) is 7.71. The van der Waals surface area contributed by atoms with Gasteiger partial charge in [0.2, 0.25) is 5.91 Å². The predicted molar refractivity (Wildman–Crippen MR) is 60.6 cm³/mol. The lowest BCUT2D eigenvalue weighted by Crippen LogP contribution is -2.45. The molecule has 1 heterocycles. The minimum atomic E-state index is -0.110. The lowest BCUT2D eigenvalue weighted by atomic mass is 10.0. The van der Waals surface area contributed by atoms with E-state index in [4.69, 9.17) is 0 Å². The van der Waals surface area contributed by atoms with Crippen LogP contribution in [0.1, 0.15) is 45.4 Å². The Kier molecular flexibility index (Phi) is 1.66. The van der Waals surface area contributed by atoms with Crippen LogP contribution < -0.4 is 5.32 Å². The molecule has 16 heavy (non-hydrogen) atoms. The van der Waals surface area contributed by atoms with Crippen LogP contribution >= 0.6 is 0 Å². The van der Waals surface area contributed by atoms with Crippen molar-refractivity contribution in [3.63, 3.8) is 0 Å². The van der Waals surface area contributed by atoms with Gasteiger partial charge in [-0.2, -0.15) is 0 Å². The molecule has 3 aliphatic carbocycles. The van der Waals surface area contributed by atoms with E-state index < -0.39 is 0 Å². The maximum absolute atomic E-state index is 12.5. The smallest absolute Gasteiger partial charge is 0.244 e. The molecule has 0 radical (unpaired) electrons. The number of amides is 1. The van der Waals surface area contributed by atoms with E-state index in [-0.39, 0.29) is 11.7 Å². The van der Waals surface area contributed by atoms with Crippen LogP contribution in [0.4, 0.5) is 0 Å². The zero-order valence-electron chi connectivity index (χ0n) is 9.91. The minimum absolute atomic E-state index is 0.110. The Balaban J connectivity index is 1.62. The van der Waals surface area contributed by atoms with Gasteiger partial charge < -0.3 is 4.90 Å². The third kappa shape index (κ3) is 1.21. The molecule has 3 heteroatoms. The maximum atomic E-state index is 12.5. The molecule has 1 amide bonds. The summed E-state index contributed by atoms with van der Waals surface area (Å²) in [4.78, 5) is 14.7. The molecule has 1 spiro atoms. The van der Waals surface area contributed by atoms with Gasteiger partial charge in [0.1, 0.15) is 0 Å². The van der Waals surface area contributed by atoms with Gasteiger partial charge in [-0.1, -0.05) is 0 Å². The molecule has 4 aliphatic rings. The number of hydrogen-bond acceptors (Lipinski definition) is 2. The van der Waals surface area contributed by atoms with Gasteiger partial charge in [0.25, 0.3) is 0 Å². The van der Waals surface area contributed by atoms with Crippen molar-refractivity contribution in [3.8, 4) is 0 Å². The lowest BCUT2D eigenvalue weighted by molar-refractivity contribution is -0.133. The van der Waals surface area contributed by atoms with E-state index in [1.165, 1.54) is 25.7 Å². The van der Waals surface area contributed by atoms with Crippen LogP contribution in [-0.4, -0.2) is 28.6 Å². The average Bonchev–Trinajstić information content (AvgIpc) is 3.11. The van der Waals surface area contributed by atoms with E-state index in [1.54, 1.807) is 0 Å². The molecule has 1 atom stereocenters. The summed E-state index contributed by atoms with van der Waals surface area (Å²) in [5.41, 5.74) is -0.110. The SMILES string of the molecule is CC1NC2(CC2)C(=O)N1C(C1CC1)C1CC1. The van der Waals surface area contributed by atoms with E-state index in [2.05, 4.69) is 17.1 Å². The highest BCUT2D eigenvalue weighted by Crippen LogP contribution is 2.51. The van der Waals surface area contributed by atoms with Crippen LogP contribution in [0.5, 0.6) is 0 Å². The molecule has 0 aromatic heterocycles. The number of hydrogen-bond donors (Lipinski definition) is 1. The first kappa shape index (κ1) is 9.46. The number of nitrogens with one attached hydrogen (secondary N) is 1. The Morgan fingerprint density at radius 2 is 1.81 bits per heavy atom. The van der Waals surface area contributed by atoms with Crippen LogP contribution in [0.25, 0.3) is 0 Å². The summed E-state index contributed by atoms with van der Waals surface area (Å²) in [6, 6.07) is 0.579. The molecule has 0 bridgehead atoms. The first-order valence-electron chi connectivity index (χ1n) is 6.82. The highest BCUT2D eigenvalue weighted by molar-refractivity contribution is 5.92. The molecule has 1 unspecified atom stereocenters. The van der Waals surface area contributed by atoms with E-state index in [0.717, 1.165) is 24.7 Å². The summed E-state index contributed by atoms with van der Waals surface area (Å²) < 4.78 is 0. The monoisotopic (exact) mass is 220 g/mol. The molecular formula is C13H20N2O. The molecule has 1 saturated heterocycles. The fraction of sp³-hybridized carbons (Fsp3) is 0.923. The van der Waals surface area contributed by atoms with E-state index in [9.17, 15) is 4.79 Å². The third-order valence-electron chi connectivity index (χ3n) is 4.83. The number of carbonyl (C=O) groups excluding carboxylic acids is 1. The minimum Gasteiger partial charge on any atom is -0.322 e. The van der Waals surface area contributed by atoms with Gasteiger partial charge in [0.05, 0.1) is 11.7 Å². The summed E-state index contributed by atoms with van der Waals surface area (Å²) >= 11 is 0. The number of nitrogens with zero attached hydrogens (tertiary/aromatic N) is 1.